The third-order valence-corrected chi connectivity index (χ3v) is 6.49. The second-order valence-electron chi connectivity index (χ2n) is 8.79. The molecule has 2 aliphatic rings. The van der Waals surface area contributed by atoms with E-state index in [1.165, 1.54) is 11.1 Å². The highest BCUT2D eigenvalue weighted by Gasteiger charge is 2.27. The highest BCUT2D eigenvalue weighted by atomic mass is 16.2. The van der Waals surface area contributed by atoms with Crippen LogP contribution in [0.1, 0.15) is 37.8 Å². The smallest absolute Gasteiger partial charge is 0.248 e. The number of aliphatic imine (C=N–C) groups is 1. The third-order valence-electron chi connectivity index (χ3n) is 6.49. The van der Waals surface area contributed by atoms with Crippen molar-refractivity contribution in [2.45, 2.75) is 51.7 Å². The van der Waals surface area contributed by atoms with Gasteiger partial charge in [-0.1, -0.05) is 48.5 Å². The molecule has 0 aliphatic carbocycles. The van der Waals surface area contributed by atoms with Gasteiger partial charge in [0.25, 0.3) is 0 Å². The van der Waals surface area contributed by atoms with Crippen LogP contribution in [0.3, 0.4) is 0 Å². The van der Waals surface area contributed by atoms with Gasteiger partial charge in [-0.3, -0.25) is 9.69 Å². The molecule has 1 amide bonds. The molecule has 0 spiro atoms. The molecule has 0 aromatic heterocycles. The summed E-state index contributed by atoms with van der Waals surface area (Å²) in [4.78, 5) is 21.9. The summed E-state index contributed by atoms with van der Waals surface area (Å²) in [5.41, 5.74) is 3.64. The number of hydrogen-bond donors (Lipinski definition) is 2. The van der Waals surface area contributed by atoms with E-state index in [-0.39, 0.29) is 12.5 Å². The minimum absolute atomic E-state index is 0.0539. The van der Waals surface area contributed by atoms with Crippen LogP contribution >= 0.6 is 0 Å². The number of piperidine rings is 1. The Morgan fingerprint density at radius 1 is 1.09 bits per heavy atom. The molecule has 6 nitrogen and oxygen atoms in total. The minimum atomic E-state index is 0.0539. The first kappa shape index (κ1) is 22.3. The van der Waals surface area contributed by atoms with Crippen molar-refractivity contribution in [3.05, 3.63) is 65.7 Å². The molecule has 0 bridgehead atoms. The summed E-state index contributed by atoms with van der Waals surface area (Å²) < 4.78 is 0. The van der Waals surface area contributed by atoms with Crippen LogP contribution in [0, 0.1) is 0 Å². The van der Waals surface area contributed by atoms with Gasteiger partial charge in [0, 0.05) is 44.0 Å². The number of anilines is 1. The van der Waals surface area contributed by atoms with Crippen molar-refractivity contribution in [1.82, 2.24) is 15.5 Å². The fourth-order valence-electron chi connectivity index (χ4n) is 4.75. The highest BCUT2D eigenvalue weighted by Crippen LogP contribution is 2.27. The highest BCUT2D eigenvalue weighted by molar-refractivity contribution is 5.98. The van der Waals surface area contributed by atoms with Crippen LogP contribution in [0.5, 0.6) is 0 Å². The van der Waals surface area contributed by atoms with Gasteiger partial charge in [0.05, 0.1) is 0 Å². The lowest BCUT2D eigenvalue weighted by molar-refractivity contribution is -0.117. The molecule has 32 heavy (non-hydrogen) atoms. The van der Waals surface area contributed by atoms with E-state index < -0.39 is 0 Å². The van der Waals surface area contributed by atoms with E-state index in [9.17, 15) is 4.79 Å². The molecule has 6 heteroatoms. The number of guanidine groups is 1. The van der Waals surface area contributed by atoms with Gasteiger partial charge in [0.15, 0.2) is 5.96 Å². The van der Waals surface area contributed by atoms with E-state index in [1.54, 1.807) is 0 Å². The van der Waals surface area contributed by atoms with Gasteiger partial charge in [0.1, 0.15) is 6.54 Å². The largest absolute Gasteiger partial charge is 0.357 e. The molecular formula is C26H35N5O. The van der Waals surface area contributed by atoms with Crippen molar-refractivity contribution < 1.29 is 4.79 Å². The van der Waals surface area contributed by atoms with E-state index in [0.29, 0.717) is 12.1 Å². The number of nitrogens with zero attached hydrogens (tertiary/aromatic N) is 3. The van der Waals surface area contributed by atoms with Crippen LogP contribution in [-0.4, -0.2) is 55.0 Å². The van der Waals surface area contributed by atoms with Crippen molar-refractivity contribution in [2.75, 3.05) is 31.1 Å². The van der Waals surface area contributed by atoms with Gasteiger partial charge in [-0.15, -0.1) is 0 Å². The number of rotatable bonds is 6. The first-order chi connectivity index (χ1) is 15.6. The average Bonchev–Trinajstić information content (AvgIpc) is 3.24. The quantitative estimate of drug-likeness (QED) is 0.543. The summed E-state index contributed by atoms with van der Waals surface area (Å²) in [5.74, 6) is 0.792. The maximum atomic E-state index is 12.8. The zero-order valence-electron chi connectivity index (χ0n) is 19.3. The molecule has 1 saturated heterocycles. The summed E-state index contributed by atoms with van der Waals surface area (Å²) in [6, 6.07) is 19.7. The predicted octanol–water partition coefficient (Wildman–Crippen LogP) is 3.18. The first-order valence-corrected chi connectivity index (χ1v) is 11.8. The molecule has 2 unspecified atom stereocenters. The van der Waals surface area contributed by atoms with Crippen LogP contribution in [-0.2, 0) is 17.8 Å². The summed E-state index contributed by atoms with van der Waals surface area (Å²) in [7, 11) is 0. The van der Waals surface area contributed by atoms with Gasteiger partial charge in [-0.25, -0.2) is 4.99 Å². The number of nitrogens with one attached hydrogen (secondary N) is 2. The van der Waals surface area contributed by atoms with Crippen LogP contribution < -0.4 is 15.5 Å². The summed E-state index contributed by atoms with van der Waals surface area (Å²) in [6.07, 6.45) is 3.04. The molecule has 2 aromatic rings. The Bertz CT molecular complexity index is 929. The van der Waals surface area contributed by atoms with Gasteiger partial charge in [-0.2, -0.15) is 0 Å². The fraction of sp³-hybridized carbons (Fsp3) is 0.462. The van der Waals surface area contributed by atoms with Gasteiger partial charge in [0.2, 0.25) is 5.91 Å². The second kappa shape index (κ2) is 10.6. The maximum absolute atomic E-state index is 12.8. The minimum Gasteiger partial charge on any atom is -0.357 e. The number of amides is 1. The van der Waals surface area contributed by atoms with Gasteiger partial charge in [-0.05, 0) is 50.3 Å². The number of hydrogen-bond acceptors (Lipinski definition) is 3. The Morgan fingerprint density at radius 3 is 2.66 bits per heavy atom. The van der Waals surface area contributed by atoms with E-state index in [1.807, 2.05) is 23.1 Å². The molecule has 1 fully saturated rings. The van der Waals surface area contributed by atoms with Crippen LogP contribution in [0.25, 0.3) is 0 Å². The number of likely N-dealkylation sites (tertiary alicyclic amines) is 1. The lowest BCUT2D eigenvalue weighted by atomic mass is 9.97. The van der Waals surface area contributed by atoms with E-state index in [0.717, 1.165) is 57.1 Å². The molecule has 170 valence electrons. The predicted molar refractivity (Wildman–Crippen MR) is 131 cm³/mol. The molecule has 2 aromatic carbocycles. The lowest BCUT2D eigenvalue weighted by Gasteiger charge is -2.38. The van der Waals surface area contributed by atoms with Crippen molar-refractivity contribution in [2.24, 2.45) is 4.99 Å². The number of para-hydroxylation sites is 1. The monoisotopic (exact) mass is 433 g/mol. The molecule has 0 radical (unpaired) electrons. The number of fused-ring (bicyclic) bond motifs is 1. The number of carbonyl (C=O) groups is 1. The Morgan fingerprint density at radius 2 is 1.88 bits per heavy atom. The van der Waals surface area contributed by atoms with Crippen molar-refractivity contribution in [3.8, 4) is 0 Å². The summed E-state index contributed by atoms with van der Waals surface area (Å²) >= 11 is 0. The Balaban J connectivity index is 1.31. The first-order valence-electron chi connectivity index (χ1n) is 11.8. The Hall–Kier alpha value is -2.86. The van der Waals surface area contributed by atoms with Crippen molar-refractivity contribution in [3.63, 3.8) is 0 Å². The normalized spacial score (nSPS) is 21.3. The zero-order chi connectivity index (χ0) is 22.3. The molecule has 2 N–H and O–H groups in total. The number of carbonyl (C=O) groups excluding carboxylic acids is 1. The second-order valence-corrected chi connectivity index (χ2v) is 8.79. The lowest BCUT2D eigenvalue weighted by Crippen LogP contribution is -2.51. The number of benzene rings is 2. The summed E-state index contributed by atoms with van der Waals surface area (Å²) in [5, 5.41) is 6.89. The van der Waals surface area contributed by atoms with Crippen molar-refractivity contribution >= 4 is 17.6 Å². The molecule has 2 atom stereocenters. The summed E-state index contributed by atoms with van der Waals surface area (Å²) in [6.45, 7) is 8.08. The van der Waals surface area contributed by atoms with Gasteiger partial charge < -0.3 is 15.5 Å². The molecule has 4 rings (SSSR count). The Kier molecular flexibility index (Phi) is 7.43. The molecular weight excluding hydrogens is 398 g/mol. The van der Waals surface area contributed by atoms with E-state index >= 15 is 0 Å². The van der Waals surface area contributed by atoms with E-state index in [2.05, 4.69) is 70.8 Å². The standard InChI is InChI=1S/C26H35N5O/c1-3-27-26(28-18-25(32)31-16-13-22-11-7-8-12-24(22)31)29-23-14-15-30(20(2)17-23)19-21-9-5-4-6-10-21/h4-12,20,23H,3,13-19H2,1-2H3,(H2,27,28,29). The topological polar surface area (TPSA) is 60.0 Å². The molecule has 0 saturated carbocycles. The van der Waals surface area contributed by atoms with Crippen molar-refractivity contribution in [1.29, 1.82) is 0 Å². The zero-order valence-corrected chi connectivity index (χ0v) is 19.3. The fourth-order valence-corrected chi connectivity index (χ4v) is 4.75. The van der Waals surface area contributed by atoms with Crippen LogP contribution in [0.4, 0.5) is 5.69 Å². The molecule has 2 aliphatic heterocycles. The van der Waals surface area contributed by atoms with Crippen LogP contribution in [0.15, 0.2) is 59.6 Å². The Labute approximate surface area is 191 Å². The SMILES string of the molecule is CCNC(=NCC(=O)N1CCc2ccccc21)NC1CCN(Cc2ccccc2)C(C)C1. The maximum Gasteiger partial charge on any atom is 0.248 e. The average molecular weight is 434 g/mol. The van der Waals surface area contributed by atoms with Crippen LogP contribution in [0.2, 0.25) is 0 Å². The molecule has 2 heterocycles. The third kappa shape index (κ3) is 5.49. The van der Waals surface area contributed by atoms with Gasteiger partial charge >= 0.3 is 0 Å². The van der Waals surface area contributed by atoms with E-state index in [4.69, 9.17) is 0 Å².